The normalized spacial score (nSPS) is 11.3. The third kappa shape index (κ3) is 3.36. The van der Waals surface area contributed by atoms with Crippen molar-refractivity contribution < 1.29 is 17.9 Å². The molecular weight excluding hydrogens is 349 g/mol. The molecule has 0 aliphatic carbocycles. The first-order chi connectivity index (χ1) is 9.42. The van der Waals surface area contributed by atoms with Gasteiger partial charge in [0.05, 0.1) is 6.61 Å². The minimum absolute atomic E-state index is 0.0408. The van der Waals surface area contributed by atoms with Gasteiger partial charge in [0.2, 0.25) is 0 Å². The van der Waals surface area contributed by atoms with Crippen molar-refractivity contribution in [3.63, 3.8) is 0 Å². The minimum atomic E-state index is -3.78. The van der Waals surface area contributed by atoms with Crippen LogP contribution in [0.1, 0.15) is 5.56 Å². The quantitative estimate of drug-likeness (QED) is 0.881. The number of hydrogen-bond donors (Lipinski definition) is 2. The first-order valence-corrected chi connectivity index (χ1v) is 7.87. The van der Waals surface area contributed by atoms with Gasteiger partial charge < -0.3 is 5.11 Å². The molecule has 0 unspecified atom stereocenters. The lowest BCUT2D eigenvalue weighted by Gasteiger charge is -2.10. The van der Waals surface area contributed by atoms with Crippen LogP contribution in [0.5, 0.6) is 0 Å². The Bertz CT molecular complexity index is 717. The molecule has 0 atom stereocenters. The fourth-order valence-corrected chi connectivity index (χ4v) is 3.77. The number of halogens is 2. The van der Waals surface area contributed by atoms with Gasteiger partial charge in [-0.15, -0.1) is 0 Å². The van der Waals surface area contributed by atoms with E-state index in [2.05, 4.69) is 20.7 Å². The Balaban J connectivity index is 2.33. The molecule has 0 saturated heterocycles. The van der Waals surface area contributed by atoms with Crippen molar-refractivity contribution in [2.24, 2.45) is 0 Å². The van der Waals surface area contributed by atoms with Gasteiger partial charge in [-0.1, -0.05) is 6.07 Å². The van der Waals surface area contributed by atoms with Crippen LogP contribution < -0.4 is 4.72 Å². The SMILES string of the molecule is O=S(=O)(Nc1ccc(F)cc1)c1ccc(CO)cc1Br. The van der Waals surface area contributed by atoms with Crippen molar-refractivity contribution in [3.8, 4) is 0 Å². The van der Waals surface area contributed by atoms with Crippen molar-refractivity contribution in [2.45, 2.75) is 11.5 Å². The molecular formula is C13H11BrFNO3S. The monoisotopic (exact) mass is 359 g/mol. The Morgan fingerprint density at radius 3 is 2.35 bits per heavy atom. The van der Waals surface area contributed by atoms with Crippen LogP contribution in [0.3, 0.4) is 0 Å². The molecule has 0 heterocycles. The van der Waals surface area contributed by atoms with Gasteiger partial charge in [0, 0.05) is 10.2 Å². The fourth-order valence-electron chi connectivity index (χ4n) is 1.59. The van der Waals surface area contributed by atoms with Crippen LogP contribution in [0.2, 0.25) is 0 Å². The van der Waals surface area contributed by atoms with E-state index in [1.54, 1.807) is 0 Å². The number of aliphatic hydroxyl groups is 1. The molecule has 2 N–H and O–H groups in total. The van der Waals surface area contributed by atoms with Crippen molar-refractivity contribution in [2.75, 3.05) is 4.72 Å². The number of aliphatic hydroxyl groups excluding tert-OH is 1. The molecule has 0 aliphatic rings. The van der Waals surface area contributed by atoms with E-state index >= 15 is 0 Å². The molecule has 7 heteroatoms. The third-order valence-electron chi connectivity index (χ3n) is 2.56. The van der Waals surface area contributed by atoms with Gasteiger partial charge in [0.25, 0.3) is 10.0 Å². The highest BCUT2D eigenvalue weighted by Crippen LogP contribution is 2.25. The van der Waals surface area contributed by atoms with E-state index in [0.29, 0.717) is 10.0 Å². The van der Waals surface area contributed by atoms with Crippen LogP contribution in [0.25, 0.3) is 0 Å². The summed E-state index contributed by atoms with van der Waals surface area (Å²) < 4.78 is 39.9. The summed E-state index contributed by atoms with van der Waals surface area (Å²) in [6.45, 7) is -0.176. The first-order valence-electron chi connectivity index (χ1n) is 5.60. The minimum Gasteiger partial charge on any atom is -0.392 e. The molecule has 0 aromatic heterocycles. The number of hydrogen-bond acceptors (Lipinski definition) is 3. The van der Waals surface area contributed by atoms with Gasteiger partial charge in [0.1, 0.15) is 10.7 Å². The van der Waals surface area contributed by atoms with Crippen molar-refractivity contribution in [3.05, 3.63) is 58.3 Å². The second-order valence-electron chi connectivity index (χ2n) is 4.04. The zero-order chi connectivity index (χ0) is 14.8. The Kier molecular flexibility index (Phi) is 4.42. The molecule has 2 aromatic rings. The summed E-state index contributed by atoms with van der Waals surface area (Å²) >= 11 is 3.16. The summed E-state index contributed by atoms with van der Waals surface area (Å²) in [4.78, 5) is 0.0408. The fraction of sp³-hybridized carbons (Fsp3) is 0.0769. The molecule has 20 heavy (non-hydrogen) atoms. The largest absolute Gasteiger partial charge is 0.392 e. The lowest BCUT2D eigenvalue weighted by atomic mass is 10.2. The average molecular weight is 360 g/mol. The smallest absolute Gasteiger partial charge is 0.263 e. The average Bonchev–Trinajstić information content (AvgIpc) is 2.40. The number of sulfonamides is 1. The van der Waals surface area contributed by atoms with Gasteiger partial charge in [-0.2, -0.15) is 0 Å². The maximum atomic E-state index is 12.8. The van der Waals surface area contributed by atoms with Crippen molar-refractivity contribution in [1.82, 2.24) is 0 Å². The maximum Gasteiger partial charge on any atom is 0.263 e. The zero-order valence-electron chi connectivity index (χ0n) is 10.2. The van der Waals surface area contributed by atoms with Crippen LogP contribution in [0.15, 0.2) is 51.8 Å². The Labute approximate surface area is 124 Å². The Morgan fingerprint density at radius 2 is 1.80 bits per heavy atom. The molecule has 0 bridgehead atoms. The molecule has 0 aliphatic heterocycles. The summed E-state index contributed by atoms with van der Waals surface area (Å²) in [5.41, 5.74) is 0.863. The van der Waals surface area contributed by atoms with Crippen LogP contribution in [0.4, 0.5) is 10.1 Å². The van der Waals surface area contributed by atoms with E-state index in [0.717, 1.165) is 0 Å². The molecule has 2 aromatic carbocycles. The molecule has 106 valence electrons. The second kappa shape index (κ2) is 5.90. The maximum absolute atomic E-state index is 12.8. The first kappa shape index (κ1) is 15.0. The lowest BCUT2D eigenvalue weighted by Crippen LogP contribution is -2.13. The molecule has 0 spiro atoms. The Hall–Kier alpha value is -1.44. The predicted molar refractivity (Wildman–Crippen MR) is 77.3 cm³/mol. The number of benzene rings is 2. The van der Waals surface area contributed by atoms with Gasteiger partial charge in [-0.25, -0.2) is 12.8 Å². The molecule has 4 nitrogen and oxygen atoms in total. The van der Waals surface area contributed by atoms with E-state index < -0.39 is 15.8 Å². The van der Waals surface area contributed by atoms with Gasteiger partial charge >= 0.3 is 0 Å². The standard InChI is InChI=1S/C13H11BrFNO3S/c14-12-7-9(8-17)1-6-13(12)20(18,19)16-11-4-2-10(15)3-5-11/h1-7,16-17H,8H2. The third-order valence-corrected chi connectivity index (χ3v) is 4.92. The zero-order valence-corrected chi connectivity index (χ0v) is 12.6. The molecule has 2 rings (SSSR count). The summed E-state index contributed by atoms with van der Waals surface area (Å²) in [7, 11) is -3.78. The molecule has 0 radical (unpaired) electrons. The number of nitrogens with one attached hydrogen (secondary N) is 1. The van der Waals surface area contributed by atoms with E-state index in [-0.39, 0.29) is 17.2 Å². The summed E-state index contributed by atoms with van der Waals surface area (Å²) in [5.74, 6) is -0.443. The second-order valence-corrected chi connectivity index (χ2v) is 6.54. The van der Waals surface area contributed by atoms with Crippen LogP contribution in [-0.4, -0.2) is 13.5 Å². The highest BCUT2D eigenvalue weighted by atomic mass is 79.9. The van der Waals surface area contributed by atoms with Gasteiger partial charge in [-0.05, 0) is 57.9 Å². The summed E-state index contributed by atoms with van der Waals surface area (Å²) in [5, 5.41) is 9.00. The summed E-state index contributed by atoms with van der Waals surface area (Å²) in [6.07, 6.45) is 0. The Morgan fingerprint density at radius 1 is 1.15 bits per heavy atom. The number of rotatable bonds is 4. The van der Waals surface area contributed by atoms with E-state index in [9.17, 15) is 12.8 Å². The molecule has 0 fully saturated rings. The van der Waals surface area contributed by atoms with Crippen LogP contribution in [0, 0.1) is 5.82 Å². The molecule has 0 amide bonds. The highest BCUT2D eigenvalue weighted by Gasteiger charge is 2.18. The predicted octanol–water partition coefficient (Wildman–Crippen LogP) is 2.88. The summed E-state index contributed by atoms with van der Waals surface area (Å²) in [6, 6.07) is 9.44. The van der Waals surface area contributed by atoms with Crippen LogP contribution >= 0.6 is 15.9 Å². The number of anilines is 1. The van der Waals surface area contributed by atoms with Gasteiger partial charge in [0.15, 0.2) is 0 Å². The lowest BCUT2D eigenvalue weighted by molar-refractivity contribution is 0.281. The highest BCUT2D eigenvalue weighted by molar-refractivity contribution is 9.10. The topological polar surface area (TPSA) is 66.4 Å². The van der Waals surface area contributed by atoms with Crippen molar-refractivity contribution >= 4 is 31.6 Å². The van der Waals surface area contributed by atoms with Crippen LogP contribution in [-0.2, 0) is 16.6 Å². The van der Waals surface area contributed by atoms with E-state index in [4.69, 9.17) is 5.11 Å². The van der Waals surface area contributed by atoms with E-state index in [1.165, 1.54) is 42.5 Å². The van der Waals surface area contributed by atoms with Gasteiger partial charge in [-0.3, -0.25) is 4.72 Å². The molecule has 0 saturated carbocycles. The van der Waals surface area contributed by atoms with E-state index in [1.807, 2.05) is 0 Å². The van der Waals surface area contributed by atoms with Crippen molar-refractivity contribution in [1.29, 1.82) is 0 Å².